The lowest BCUT2D eigenvalue weighted by atomic mass is 9.93. The molecule has 10 heteroatoms. The summed E-state index contributed by atoms with van der Waals surface area (Å²) in [6.45, 7) is 12.9. The number of esters is 1. The molecule has 3 aromatic carbocycles. The lowest BCUT2D eigenvalue weighted by molar-refractivity contribution is -0.163. The molecule has 0 aliphatic carbocycles. The SMILES string of the molecule is C=CCN1CCN(Cc2cc(-c3ccccc3Cl)c3c(c2)N(c2c(Cl)cccc2Cl)C(=O)NC3)CC1C(=O)OC(C)(C)C. The van der Waals surface area contributed by atoms with E-state index in [0.29, 0.717) is 59.2 Å². The molecule has 7 nitrogen and oxygen atoms in total. The Balaban J connectivity index is 1.57. The van der Waals surface area contributed by atoms with Gasteiger partial charge in [0.15, 0.2) is 0 Å². The minimum absolute atomic E-state index is 0.252. The normalized spacial score (nSPS) is 17.8. The van der Waals surface area contributed by atoms with E-state index in [4.69, 9.17) is 39.5 Å². The van der Waals surface area contributed by atoms with Crippen molar-refractivity contribution in [2.24, 2.45) is 0 Å². The zero-order valence-electron chi connectivity index (χ0n) is 24.5. The number of anilines is 2. The average molecular weight is 642 g/mol. The van der Waals surface area contributed by atoms with Crippen molar-refractivity contribution in [1.82, 2.24) is 15.1 Å². The number of hydrogen-bond donors (Lipinski definition) is 1. The van der Waals surface area contributed by atoms with E-state index >= 15 is 0 Å². The summed E-state index contributed by atoms with van der Waals surface area (Å²) in [5.74, 6) is -0.252. The van der Waals surface area contributed by atoms with Crippen molar-refractivity contribution in [2.75, 3.05) is 31.1 Å². The molecule has 1 N–H and O–H groups in total. The maximum absolute atomic E-state index is 13.4. The summed E-state index contributed by atoms with van der Waals surface area (Å²) in [5.41, 5.74) is 4.11. The highest BCUT2D eigenvalue weighted by Gasteiger charge is 2.36. The lowest BCUT2D eigenvalue weighted by Crippen LogP contribution is -2.57. The Morgan fingerprint density at radius 1 is 1.02 bits per heavy atom. The van der Waals surface area contributed by atoms with Crippen molar-refractivity contribution in [3.05, 3.63) is 93.4 Å². The molecular formula is C33H35Cl3N4O3. The predicted octanol–water partition coefficient (Wildman–Crippen LogP) is 7.69. The number of ether oxygens (including phenoxy) is 1. The van der Waals surface area contributed by atoms with Gasteiger partial charge in [-0.3, -0.25) is 19.5 Å². The van der Waals surface area contributed by atoms with Crippen LogP contribution in [0.5, 0.6) is 0 Å². The molecule has 2 aliphatic heterocycles. The van der Waals surface area contributed by atoms with Crippen LogP contribution in [0.25, 0.3) is 11.1 Å². The molecule has 0 bridgehead atoms. The van der Waals surface area contributed by atoms with E-state index < -0.39 is 11.6 Å². The smallest absolute Gasteiger partial charge is 0.326 e. The van der Waals surface area contributed by atoms with Crippen LogP contribution < -0.4 is 10.2 Å². The van der Waals surface area contributed by atoms with Crippen LogP contribution in [0.15, 0.2) is 67.3 Å². The second-order valence-electron chi connectivity index (χ2n) is 11.8. The summed E-state index contributed by atoms with van der Waals surface area (Å²) in [5, 5.41) is 4.30. The highest BCUT2D eigenvalue weighted by atomic mass is 35.5. The van der Waals surface area contributed by atoms with E-state index in [0.717, 1.165) is 28.8 Å². The molecule has 43 heavy (non-hydrogen) atoms. The Bertz CT molecular complexity index is 1530. The number of nitrogens with one attached hydrogen (secondary N) is 1. The fraction of sp³-hybridized carbons (Fsp3) is 0.333. The van der Waals surface area contributed by atoms with Crippen molar-refractivity contribution >= 4 is 58.2 Å². The van der Waals surface area contributed by atoms with Crippen LogP contribution in [0, 0.1) is 0 Å². The first-order valence-corrected chi connectivity index (χ1v) is 15.3. The molecule has 2 amide bonds. The van der Waals surface area contributed by atoms with Crippen LogP contribution in [0.2, 0.25) is 15.1 Å². The summed E-state index contributed by atoms with van der Waals surface area (Å²) < 4.78 is 5.78. The number of piperazine rings is 1. The van der Waals surface area contributed by atoms with E-state index in [-0.39, 0.29) is 12.0 Å². The molecule has 0 spiro atoms. The lowest BCUT2D eigenvalue weighted by Gasteiger charge is -2.40. The Kier molecular flexibility index (Phi) is 9.40. The second-order valence-corrected chi connectivity index (χ2v) is 13.0. The summed E-state index contributed by atoms with van der Waals surface area (Å²) in [6.07, 6.45) is 1.81. The first kappa shape index (κ1) is 31.4. The summed E-state index contributed by atoms with van der Waals surface area (Å²) in [6, 6.07) is 16.2. The fourth-order valence-electron chi connectivity index (χ4n) is 5.65. The maximum Gasteiger partial charge on any atom is 0.326 e. The van der Waals surface area contributed by atoms with Crippen LogP contribution in [0.1, 0.15) is 31.9 Å². The molecule has 1 atom stereocenters. The summed E-state index contributed by atoms with van der Waals surface area (Å²) in [7, 11) is 0. The second kappa shape index (κ2) is 12.9. The third-order valence-corrected chi connectivity index (χ3v) is 8.44. The van der Waals surface area contributed by atoms with Gasteiger partial charge in [0, 0.05) is 55.4 Å². The van der Waals surface area contributed by atoms with E-state index in [1.54, 1.807) is 23.1 Å². The first-order valence-electron chi connectivity index (χ1n) is 14.2. The van der Waals surface area contributed by atoms with Crippen molar-refractivity contribution in [3.63, 3.8) is 0 Å². The van der Waals surface area contributed by atoms with Crippen LogP contribution in [-0.2, 0) is 22.6 Å². The minimum atomic E-state index is -0.592. The largest absolute Gasteiger partial charge is 0.459 e. The number of urea groups is 1. The summed E-state index contributed by atoms with van der Waals surface area (Å²) in [4.78, 5) is 32.5. The highest BCUT2D eigenvalue weighted by molar-refractivity contribution is 6.40. The molecule has 0 radical (unpaired) electrons. The number of para-hydroxylation sites is 1. The molecule has 5 rings (SSSR count). The molecule has 3 aromatic rings. The molecule has 2 heterocycles. The molecule has 1 fully saturated rings. The van der Waals surface area contributed by atoms with Gasteiger partial charge in [-0.15, -0.1) is 6.58 Å². The van der Waals surface area contributed by atoms with E-state index in [1.807, 2.05) is 57.2 Å². The van der Waals surface area contributed by atoms with Gasteiger partial charge in [0.2, 0.25) is 0 Å². The third kappa shape index (κ3) is 6.87. The van der Waals surface area contributed by atoms with Crippen molar-refractivity contribution in [3.8, 4) is 11.1 Å². The monoisotopic (exact) mass is 640 g/mol. The van der Waals surface area contributed by atoms with E-state index in [9.17, 15) is 9.59 Å². The molecule has 1 unspecified atom stereocenters. The molecule has 0 aromatic heterocycles. The number of carbonyl (C=O) groups is 2. The number of rotatable bonds is 7. The minimum Gasteiger partial charge on any atom is -0.459 e. The van der Waals surface area contributed by atoms with Gasteiger partial charge in [0.1, 0.15) is 11.6 Å². The Morgan fingerprint density at radius 2 is 1.72 bits per heavy atom. The van der Waals surface area contributed by atoms with Gasteiger partial charge >= 0.3 is 12.0 Å². The Morgan fingerprint density at radius 3 is 2.40 bits per heavy atom. The molecular weight excluding hydrogens is 607 g/mol. The predicted molar refractivity (Wildman–Crippen MR) is 174 cm³/mol. The van der Waals surface area contributed by atoms with E-state index in [1.165, 1.54) is 0 Å². The van der Waals surface area contributed by atoms with Crippen LogP contribution >= 0.6 is 34.8 Å². The van der Waals surface area contributed by atoms with Gasteiger partial charge < -0.3 is 10.1 Å². The van der Waals surface area contributed by atoms with Gasteiger partial charge in [-0.2, -0.15) is 0 Å². The first-order chi connectivity index (χ1) is 20.5. The van der Waals surface area contributed by atoms with Crippen LogP contribution in [0.3, 0.4) is 0 Å². The average Bonchev–Trinajstić information content (AvgIpc) is 2.94. The molecule has 1 saturated heterocycles. The zero-order chi connectivity index (χ0) is 30.9. The van der Waals surface area contributed by atoms with Crippen molar-refractivity contribution in [2.45, 2.75) is 45.5 Å². The number of halogens is 3. The number of carbonyl (C=O) groups excluding carboxylic acids is 2. The molecule has 226 valence electrons. The number of hydrogen-bond acceptors (Lipinski definition) is 5. The molecule has 2 aliphatic rings. The van der Waals surface area contributed by atoms with Crippen molar-refractivity contribution in [1.29, 1.82) is 0 Å². The molecule has 0 saturated carbocycles. The summed E-state index contributed by atoms with van der Waals surface area (Å²) >= 11 is 19.9. The maximum atomic E-state index is 13.4. The number of fused-ring (bicyclic) bond motifs is 1. The van der Waals surface area contributed by atoms with Crippen LogP contribution in [0.4, 0.5) is 16.2 Å². The Hall–Kier alpha value is -3.07. The van der Waals surface area contributed by atoms with Gasteiger partial charge in [-0.25, -0.2) is 4.79 Å². The quantitative estimate of drug-likeness (QED) is 0.212. The van der Waals surface area contributed by atoms with Gasteiger partial charge in [-0.05, 0) is 62.2 Å². The van der Waals surface area contributed by atoms with Gasteiger partial charge in [0.05, 0.1) is 21.4 Å². The number of nitrogens with zero attached hydrogens (tertiary/aromatic N) is 3. The van der Waals surface area contributed by atoms with E-state index in [2.05, 4.69) is 27.8 Å². The standard InChI is InChI=1S/C33H35Cl3N4O3/c1-5-13-39-15-14-38(20-29(39)31(41)43-33(2,3)4)19-21-16-23(22-9-6-7-10-25(22)34)24-18-37-32(42)40(28(24)17-21)30-26(35)11-8-12-27(30)36/h5-12,16-17,29H,1,13-15,18-20H2,2-4H3,(H,37,42). The van der Waals surface area contributed by atoms with Gasteiger partial charge in [0.25, 0.3) is 0 Å². The topological polar surface area (TPSA) is 65.1 Å². The zero-order valence-corrected chi connectivity index (χ0v) is 26.8. The highest BCUT2D eigenvalue weighted by Crippen LogP contribution is 2.45. The fourth-order valence-corrected chi connectivity index (χ4v) is 6.45. The van der Waals surface area contributed by atoms with Crippen molar-refractivity contribution < 1.29 is 14.3 Å². The third-order valence-electron chi connectivity index (χ3n) is 7.50. The number of amides is 2. The number of benzene rings is 3. The Labute approximate surface area is 267 Å². The van der Waals surface area contributed by atoms with Crippen LogP contribution in [-0.4, -0.2) is 59.6 Å². The van der Waals surface area contributed by atoms with Gasteiger partial charge in [-0.1, -0.05) is 65.1 Å².